The molecule has 0 bridgehead atoms. The van der Waals surface area contributed by atoms with Crippen LogP contribution in [0.3, 0.4) is 0 Å². The maximum absolute atomic E-state index is 10.1. The number of aryl methyl sites for hydroxylation is 2. The number of aromatic hydroxyl groups is 1. The molecular weight excluding hydrogens is 426 g/mol. The topological polar surface area (TPSA) is 73.5 Å². The van der Waals surface area contributed by atoms with Gasteiger partial charge in [0.05, 0.1) is 11.4 Å². The van der Waals surface area contributed by atoms with E-state index >= 15 is 0 Å². The number of benzene rings is 2. The maximum Gasteiger partial charge on any atom is 0.254 e. The number of halogens is 1. The standard InChI is InChI=1S/C17H23NO.C9H9ClO3/c1-2-3-4-5-6-7-13-18-14-9-11-15-10-8-12-16(19)17(15)18;1-6-4-7(10)2-3-8(6)13-5-9(11)12/h8-12,14H,2-7,13H2,1H3;2-4H,5H2,1H3,(H,11,12). The lowest BCUT2D eigenvalue weighted by atomic mass is 10.1. The number of ether oxygens (including phenoxy) is 1. The number of phenolic OH excluding ortho intramolecular Hbond substituents is 1. The fraction of sp³-hybridized carbons (Fsp3) is 0.385. The van der Waals surface area contributed by atoms with Gasteiger partial charge in [-0.3, -0.25) is 0 Å². The Morgan fingerprint density at radius 1 is 1.06 bits per heavy atom. The molecule has 1 N–H and O–H groups in total. The van der Waals surface area contributed by atoms with Crippen LogP contribution in [0.15, 0.2) is 54.7 Å². The smallest absolute Gasteiger partial charge is 0.254 e. The maximum atomic E-state index is 10.1. The van der Waals surface area contributed by atoms with Crippen molar-refractivity contribution in [3.8, 4) is 11.5 Å². The van der Waals surface area contributed by atoms with E-state index in [1.165, 1.54) is 38.5 Å². The molecule has 0 saturated heterocycles. The van der Waals surface area contributed by atoms with Crippen LogP contribution in [-0.4, -0.2) is 17.7 Å². The molecule has 0 amide bonds. The predicted molar refractivity (Wildman–Crippen MR) is 126 cm³/mol. The number of unbranched alkanes of at least 4 members (excludes halogenated alkanes) is 5. The van der Waals surface area contributed by atoms with Crippen LogP contribution in [-0.2, 0) is 11.3 Å². The lowest BCUT2D eigenvalue weighted by Crippen LogP contribution is -2.34. The first-order chi connectivity index (χ1) is 15.4. The number of phenols is 1. The molecule has 172 valence electrons. The van der Waals surface area contributed by atoms with E-state index in [9.17, 15) is 15.0 Å². The number of rotatable bonds is 10. The van der Waals surface area contributed by atoms with E-state index in [2.05, 4.69) is 23.8 Å². The third-order valence-corrected chi connectivity index (χ3v) is 5.35. The summed E-state index contributed by atoms with van der Waals surface area (Å²) in [7, 11) is 0. The highest BCUT2D eigenvalue weighted by molar-refractivity contribution is 6.30. The average Bonchev–Trinajstić information content (AvgIpc) is 2.76. The second-order valence-electron chi connectivity index (χ2n) is 7.75. The van der Waals surface area contributed by atoms with Crippen molar-refractivity contribution in [1.29, 1.82) is 0 Å². The summed E-state index contributed by atoms with van der Waals surface area (Å²) in [6.07, 6.45) is 9.84. The number of para-hydroxylation sites is 1. The Labute approximate surface area is 195 Å². The molecule has 0 spiro atoms. The fourth-order valence-corrected chi connectivity index (χ4v) is 3.71. The van der Waals surface area contributed by atoms with E-state index in [1.54, 1.807) is 31.2 Å². The van der Waals surface area contributed by atoms with Crippen molar-refractivity contribution in [2.45, 2.75) is 58.9 Å². The first kappa shape index (κ1) is 25.5. The molecule has 0 aliphatic heterocycles. The van der Waals surface area contributed by atoms with Crippen molar-refractivity contribution in [2.24, 2.45) is 0 Å². The molecule has 32 heavy (non-hydrogen) atoms. The number of nitrogens with zero attached hydrogens (tertiary/aromatic N) is 1. The number of aromatic nitrogens is 1. The normalized spacial score (nSPS) is 10.5. The third-order valence-electron chi connectivity index (χ3n) is 5.11. The predicted octanol–water partition coefficient (Wildman–Crippen LogP) is 4.97. The summed E-state index contributed by atoms with van der Waals surface area (Å²) in [5.74, 6) is -0.355. The van der Waals surface area contributed by atoms with Gasteiger partial charge in [-0.15, -0.1) is 0 Å². The first-order valence-corrected chi connectivity index (χ1v) is 11.5. The Bertz CT molecular complexity index is 1000. The highest BCUT2D eigenvalue weighted by Gasteiger charge is 2.12. The molecule has 0 saturated carbocycles. The summed E-state index contributed by atoms with van der Waals surface area (Å²) < 4.78 is 7.10. The average molecular weight is 458 g/mol. The number of aliphatic carboxylic acids is 1. The Hall–Kier alpha value is -2.79. The summed E-state index contributed by atoms with van der Waals surface area (Å²) in [6.45, 7) is 4.58. The number of hydrogen-bond acceptors (Lipinski definition) is 4. The summed E-state index contributed by atoms with van der Waals surface area (Å²) in [4.78, 5) is 10.1. The molecule has 3 aromatic rings. The van der Waals surface area contributed by atoms with Gasteiger partial charge in [-0.2, -0.15) is 4.57 Å². The SMILES string of the molecule is CCCCCCCC[n+]1cccc2cccc(O)c21.Cc1cc(Cl)ccc1OCC(=O)[O-]. The Morgan fingerprint density at radius 2 is 1.78 bits per heavy atom. The molecule has 3 rings (SSSR count). The van der Waals surface area contributed by atoms with Crippen molar-refractivity contribution < 1.29 is 24.3 Å². The van der Waals surface area contributed by atoms with Crippen LogP contribution in [0.2, 0.25) is 5.02 Å². The molecule has 0 aliphatic rings. The largest absolute Gasteiger partial charge is 0.546 e. The van der Waals surface area contributed by atoms with Gasteiger partial charge in [0.1, 0.15) is 18.9 Å². The second-order valence-corrected chi connectivity index (χ2v) is 8.19. The molecule has 1 heterocycles. The number of carbonyl (C=O) groups excluding carboxylic acids is 1. The summed E-state index contributed by atoms with van der Waals surface area (Å²) in [5.41, 5.74) is 1.76. The minimum absolute atomic E-state index is 0.379. The van der Waals surface area contributed by atoms with E-state index < -0.39 is 12.6 Å². The fourth-order valence-electron chi connectivity index (χ4n) is 3.48. The van der Waals surface area contributed by atoms with Crippen molar-refractivity contribution in [1.82, 2.24) is 0 Å². The third kappa shape index (κ3) is 8.39. The lowest BCUT2D eigenvalue weighted by molar-refractivity contribution is -0.672. The minimum Gasteiger partial charge on any atom is -0.546 e. The van der Waals surface area contributed by atoms with Crippen LogP contribution >= 0.6 is 11.6 Å². The van der Waals surface area contributed by atoms with Crippen molar-refractivity contribution in [3.05, 3.63) is 65.3 Å². The Morgan fingerprint density at radius 3 is 2.50 bits per heavy atom. The van der Waals surface area contributed by atoms with Crippen LogP contribution in [0.5, 0.6) is 11.5 Å². The number of carboxylic acid groups (broad SMARTS) is 1. The highest BCUT2D eigenvalue weighted by atomic mass is 35.5. The van der Waals surface area contributed by atoms with E-state index in [0.717, 1.165) is 23.0 Å². The molecule has 0 aliphatic carbocycles. The van der Waals surface area contributed by atoms with Gasteiger partial charge in [-0.25, -0.2) is 0 Å². The van der Waals surface area contributed by atoms with Gasteiger partial charge in [0.15, 0.2) is 11.9 Å². The van der Waals surface area contributed by atoms with Gasteiger partial charge in [-0.05, 0) is 55.3 Å². The van der Waals surface area contributed by atoms with Gasteiger partial charge in [-0.1, -0.05) is 50.3 Å². The number of pyridine rings is 1. The van der Waals surface area contributed by atoms with Gasteiger partial charge in [0, 0.05) is 17.5 Å². The molecule has 5 nitrogen and oxygen atoms in total. The van der Waals surface area contributed by atoms with Gasteiger partial charge in [0.25, 0.3) is 5.52 Å². The zero-order valence-electron chi connectivity index (χ0n) is 18.9. The molecule has 0 radical (unpaired) electrons. The molecule has 0 atom stereocenters. The van der Waals surface area contributed by atoms with Crippen LogP contribution < -0.4 is 14.4 Å². The quantitative estimate of drug-likeness (QED) is 0.344. The van der Waals surface area contributed by atoms with Gasteiger partial charge >= 0.3 is 0 Å². The van der Waals surface area contributed by atoms with Crippen LogP contribution in [0.25, 0.3) is 10.9 Å². The zero-order valence-corrected chi connectivity index (χ0v) is 19.6. The van der Waals surface area contributed by atoms with Crippen LogP contribution in [0.4, 0.5) is 0 Å². The van der Waals surface area contributed by atoms with Gasteiger partial charge in [0.2, 0.25) is 0 Å². The van der Waals surface area contributed by atoms with Crippen molar-refractivity contribution in [3.63, 3.8) is 0 Å². The van der Waals surface area contributed by atoms with E-state index in [1.807, 2.05) is 18.2 Å². The Kier molecular flexibility index (Phi) is 10.8. The monoisotopic (exact) mass is 457 g/mol. The number of carboxylic acids is 1. The van der Waals surface area contributed by atoms with E-state index in [0.29, 0.717) is 16.5 Å². The number of fused-ring (bicyclic) bond motifs is 1. The van der Waals surface area contributed by atoms with E-state index in [-0.39, 0.29) is 0 Å². The molecular formula is C26H32ClNO4. The molecule has 0 fully saturated rings. The summed E-state index contributed by atoms with van der Waals surface area (Å²) in [6, 6.07) is 14.8. The lowest BCUT2D eigenvalue weighted by Gasteiger charge is -2.09. The molecule has 1 aromatic heterocycles. The summed E-state index contributed by atoms with van der Waals surface area (Å²) in [5, 5.41) is 21.8. The zero-order chi connectivity index (χ0) is 23.3. The Balaban J connectivity index is 0.000000244. The van der Waals surface area contributed by atoms with Gasteiger partial charge < -0.3 is 19.7 Å². The first-order valence-electron chi connectivity index (χ1n) is 11.1. The van der Waals surface area contributed by atoms with Crippen LogP contribution in [0, 0.1) is 6.92 Å². The number of carbonyl (C=O) groups is 1. The molecule has 6 heteroatoms. The second kappa shape index (κ2) is 13.6. The van der Waals surface area contributed by atoms with Crippen molar-refractivity contribution in [2.75, 3.05) is 6.61 Å². The minimum atomic E-state index is -1.24. The van der Waals surface area contributed by atoms with E-state index in [4.69, 9.17) is 16.3 Å². The highest BCUT2D eigenvalue weighted by Crippen LogP contribution is 2.22. The summed E-state index contributed by atoms with van der Waals surface area (Å²) >= 11 is 5.70. The van der Waals surface area contributed by atoms with Crippen LogP contribution in [0.1, 0.15) is 51.0 Å². The van der Waals surface area contributed by atoms with Crippen molar-refractivity contribution >= 4 is 28.5 Å². The molecule has 2 aromatic carbocycles. The molecule has 0 unspecified atom stereocenters. The number of hydrogen-bond donors (Lipinski definition) is 1.